The third-order valence-electron chi connectivity index (χ3n) is 4.67. The fraction of sp³-hybridized carbons (Fsp3) is 0.217. The van der Waals surface area contributed by atoms with E-state index in [9.17, 15) is 4.79 Å². The number of nitrogens with one attached hydrogen (secondary N) is 1. The molecule has 4 aromatic rings. The van der Waals surface area contributed by atoms with Gasteiger partial charge in [-0.15, -0.1) is 10.2 Å². The molecule has 0 saturated carbocycles. The number of anilines is 1. The maximum absolute atomic E-state index is 12.4. The van der Waals surface area contributed by atoms with Gasteiger partial charge in [-0.2, -0.15) is 9.61 Å². The van der Waals surface area contributed by atoms with Gasteiger partial charge in [0.2, 0.25) is 11.1 Å². The highest BCUT2D eigenvalue weighted by molar-refractivity contribution is 7.99. The van der Waals surface area contributed by atoms with Gasteiger partial charge in [-0.25, -0.2) is 0 Å². The van der Waals surface area contributed by atoms with Crippen LogP contribution in [0, 0.1) is 0 Å². The molecular weight excluding hydrogens is 410 g/mol. The van der Waals surface area contributed by atoms with Gasteiger partial charge in [0.05, 0.1) is 18.1 Å². The van der Waals surface area contributed by atoms with E-state index < -0.39 is 0 Å². The van der Waals surface area contributed by atoms with Gasteiger partial charge in [-0.05, 0) is 55.3 Å². The van der Waals surface area contributed by atoms with E-state index in [4.69, 9.17) is 4.74 Å². The van der Waals surface area contributed by atoms with Gasteiger partial charge < -0.3 is 10.1 Å². The van der Waals surface area contributed by atoms with Crippen LogP contribution in [0.2, 0.25) is 0 Å². The quantitative estimate of drug-likeness (QED) is 0.413. The Hall–Kier alpha value is -3.39. The predicted molar refractivity (Wildman–Crippen MR) is 123 cm³/mol. The molecule has 2 aromatic heterocycles. The molecule has 0 aliphatic heterocycles. The minimum absolute atomic E-state index is 0.128. The lowest BCUT2D eigenvalue weighted by Crippen LogP contribution is -2.14. The predicted octanol–water partition coefficient (Wildman–Crippen LogP) is 4.48. The summed E-state index contributed by atoms with van der Waals surface area (Å²) in [6.45, 7) is 4.67. The summed E-state index contributed by atoms with van der Waals surface area (Å²) < 4.78 is 7.09. The van der Waals surface area contributed by atoms with Gasteiger partial charge in [-0.3, -0.25) is 4.79 Å². The summed E-state index contributed by atoms with van der Waals surface area (Å²) in [6.07, 6.45) is 0.998. The molecule has 0 unspecified atom stereocenters. The van der Waals surface area contributed by atoms with Crippen molar-refractivity contribution in [2.45, 2.75) is 25.4 Å². The van der Waals surface area contributed by atoms with Crippen molar-refractivity contribution in [1.82, 2.24) is 19.8 Å². The van der Waals surface area contributed by atoms with Crippen LogP contribution in [0.15, 0.2) is 65.8 Å². The van der Waals surface area contributed by atoms with Gasteiger partial charge in [0.25, 0.3) is 0 Å². The highest BCUT2D eigenvalue weighted by Gasteiger charge is 2.12. The molecule has 0 spiro atoms. The molecular formula is C23H23N5O2S. The van der Waals surface area contributed by atoms with Gasteiger partial charge in [0.1, 0.15) is 5.75 Å². The minimum Gasteiger partial charge on any atom is -0.494 e. The molecule has 4 rings (SSSR count). The van der Waals surface area contributed by atoms with Crippen LogP contribution in [0.4, 0.5) is 5.69 Å². The number of rotatable bonds is 8. The first-order chi connectivity index (χ1) is 15.2. The van der Waals surface area contributed by atoms with E-state index in [1.165, 1.54) is 17.3 Å². The first kappa shape index (κ1) is 20.9. The van der Waals surface area contributed by atoms with Crippen molar-refractivity contribution in [2.24, 2.45) is 0 Å². The number of aromatic nitrogens is 4. The second kappa shape index (κ2) is 9.61. The summed E-state index contributed by atoms with van der Waals surface area (Å²) in [7, 11) is 0. The van der Waals surface area contributed by atoms with Crippen LogP contribution in [-0.2, 0) is 11.2 Å². The maximum Gasteiger partial charge on any atom is 0.234 e. The average Bonchev–Trinajstić information content (AvgIpc) is 3.21. The van der Waals surface area contributed by atoms with E-state index in [1.54, 1.807) is 4.52 Å². The Bertz CT molecular complexity index is 1170. The van der Waals surface area contributed by atoms with E-state index in [1.807, 2.05) is 43.3 Å². The van der Waals surface area contributed by atoms with Crippen molar-refractivity contribution in [3.8, 4) is 17.0 Å². The number of benzene rings is 2. The summed E-state index contributed by atoms with van der Waals surface area (Å²) in [5, 5.41) is 16.5. The summed E-state index contributed by atoms with van der Waals surface area (Å²) in [5.41, 5.74) is 4.50. The van der Waals surface area contributed by atoms with Crippen LogP contribution < -0.4 is 10.1 Å². The zero-order valence-electron chi connectivity index (χ0n) is 17.4. The van der Waals surface area contributed by atoms with Gasteiger partial charge in [0.15, 0.2) is 5.65 Å². The van der Waals surface area contributed by atoms with E-state index in [2.05, 4.69) is 51.8 Å². The van der Waals surface area contributed by atoms with Crippen LogP contribution in [0.25, 0.3) is 16.9 Å². The van der Waals surface area contributed by atoms with Crippen LogP contribution in [-0.4, -0.2) is 38.1 Å². The standard InChI is InChI=1S/C23H23N5O2S/c1-3-16-5-7-17(8-6-16)20-13-14-21-25-26-23(28(21)27-20)31-15-22(29)24-18-9-11-19(12-10-18)30-4-2/h5-14H,3-4,15H2,1-2H3,(H,24,29). The third kappa shape index (κ3) is 5.03. The Morgan fingerprint density at radius 1 is 1.00 bits per heavy atom. The molecule has 0 aliphatic carbocycles. The van der Waals surface area contributed by atoms with E-state index in [-0.39, 0.29) is 11.7 Å². The fourth-order valence-corrected chi connectivity index (χ4v) is 3.74. The number of hydrogen-bond acceptors (Lipinski definition) is 6. The van der Waals surface area contributed by atoms with Crippen LogP contribution in [0.1, 0.15) is 19.4 Å². The number of nitrogens with zero attached hydrogens (tertiary/aromatic N) is 4. The number of amides is 1. The summed E-state index contributed by atoms with van der Waals surface area (Å²) in [6, 6.07) is 19.4. The van der Waals surface area contributed by atoms with Crippen molar-refractivity contribution in [2.75, 3.05) is 17.7 Å². The number of aryl methyl sites for hydroxylation is 1. The molecule has 0 saturated heterocycles. The zero-order chi connectivity index (χ0) is 21.6. The van der Waals surface area contributed by atoms with Crippen molar-refractivity contribution >= 4 is 29.0 Å². The lowest BCUT2D eigenvalue weighted by atomic mass is 10.1. The number of thioether (sulfide) groups is 1. The molecule has 1 amide bonds. The van der Waals surface area contributed by atoms with Gasteiger partial charge in [0, 0.05) is 11.3 Å². The Labute approximate surface area is 184 Å². The number of carbonyl (C=O) groups excluding carboxylic acids is 1. The Balaban J connectivity index is 1.43. The van der Waals surface area contributed by atoms with Crippen LogP contribution >= 0.6 is 11.8 Å². The molecule has 0 fully saturated rings. The molecule has 7 nitrogen and oxygen atoms in total. The lowest BCUT2D eigenvalue weighted by molar-refractivity contribution is -0.113. The second-order valence-corrected chi connectivity index (χ2v) is 7.76. The highest BCUT2D eigenvalue weighted by atomic mass is 32.2. The molecule has 0 atom stereocenters. The molecule has 0 radical (unpaired) electrons. The van der Waals surface area contributed by atoms with E-state index >= 15 is 0 Å². The van der Waals surface area contributed by atoms with Crippen molar-refractivity contribution in [1.29, 1.82) is 0 Å². The Morgan fingerprint density at radius 3 is 2.48 bits per heavy atom. The largest absolute Gasteiger partial charge is 0.494 e. The number of ether oxygens (including phenoxy) is 1. The fourth-order valence-electron chi connectivity index (χ4n) is 3.05. The monoisotopic (exact) mass is 433 g/mol. The van der Waals surface area contributed by atoms with Crippen LogP contribution in [0.5, 0.6) is 5.75 Å². The summed E-state index contributed by atoms with van der Waals surface area (Å²) in [5.74, 6) is 0.846. The normalized spacial score (nSPS) is 10.9. The minimum atomic E-state index is -0.128. The molecule has 0 aliphatic rings. The molecule has 0 bridgehead atoms. The molecule has 31 heavy (non-hydrogen) atoms. The number of fused-ring (bicyclic) bond motifs is 1. The zero-order valence-corrected chi connectivity index (χ0v) is 18.2. The molecule has 2 aromatic carbocycles. The van der Waals surface area contributed by atoms with Gasteiger partial charge in [-0.1, -0.05) is 43.0 Å². The summed E-state index contributed by atoms with van der Waals surface area (Å²) in [4.78, 5) is 12.4. The smallest absolute Gasteiger partial charge is 0.234 e. The highest BCUT2D eigenvalue weighted by Crippen LogP contribution is 2.22. The number of hydrogen-bond donors (Lipinski definition) is 1. The molecule has 2 heterocycles. The lowest BCUT2D eigenvalue weighted by Gasteiger charge is -2.07. The van der Waals surface area contributed by atoms with Crippen molar-refractivity contribution < 1.29 is 9.53 Å². The third-order valence-corrected chi connectivity index (χ3v) is 5.59. The first-order valence-electron chi connectivity index (χ1n) is 10.1. The van der Waals surface area contributed by atoms with Crippen LogP contribution in [0.3, 0.4) is 0 Å². The Kier molecular flexibility index (Phi) is 6.47. The molecule has 158 valence electrons. The van der Waals surface area contributed by atoms with E-state index in [0.717, 1.165) is 29.1 Å². The molecule has 1 N–H and O–H groups in total. The first-order valence-corrected chi connectivity index (χ1v) is 11.1. The second-order valence-electron chi connectivity index (χ2n) is 6.82. The van der Waals surface area contributed by atoms with Crippen molar-refractivity contribution in [3.63, 3.8) is 0 Å². The topological polar surface area (TPSA) is 81.4 Å². The van der Waals surface area contributed by atoms with Crippen molar-refractivity contribution in [3.05, 3.63) is 66.2 Å². The average molecular weight is 434 g/mol. The molecule has 8 heteroatoms. The SMILES string of the molecule is CCOc1ccc(NC(=O)CSc2nnc3ccc(-c4ccc(CC)cc4)nn23)cc1. The van der Waals surface area contributed by atoms with E-state index in [0.29, 0.717) is 17.4 Å². The maximum atomic E-state index is 12.4. The van der Waals surface area contributed by atoms with Gasteiger partial charge >= 0.3 is 0 Å². The summed E-state index contributed by atoms with van der Waals surface area (Å²) >= 11 is 1.30. The number of carbonyl (C=O) groups is 1. The Morgan fingerprint density at radius 2 is 1.77 bits per heavy atom.